The second-order valence-electron chi connectivity index (χ2n) is 7.52. The number of amides is 1. The maximum atomic E-state index is 12.6. The van der Waals surface area contributed by atoms with Gasteiger partial charge in [-0.15, -0.1) is 24.0 Å². The van der Waals surface area contributed by atoms with Gasteiger partial charge in [0.2, 0.25) is 5.91 Å². The predicted octanol–water partition coefficient (Wildman–Crippen LogP) is 2.77. The van der Waals surface area contributed by atoms with Gasteiger partial charge in [0.25, 0.3) is 0 Å². The van der Waals surface area contributed by atoms with Crippen molar-refractivity contribution in [3.8, 4) is 0 Å². The van der Waals surface area contributed by atoms with E-state index in [4.69, 9.17) is 4.74 Å². The number of nitrogens with zero attached hydrogens (tertiary/aromatic N) is 2. The van der Waals surface area contributed by atoms with Crippen LogP contribution in [0.5, 0.6) is 0 Å². The molecule has 6 nitrogen and oxygen atoms in total. The first-order valence-corrected chi connectivity index (χ1v) is 9.97. The highest BCUT2D eigenvalue weighted by molar-refractivity contribution is 14.0. The van der Waals surface area contributed by atoms with Gasteiger partial charge in [0.05, 0.1) is 6.10 Å². The van der Waals surface area contributed by atoms with Crippen molar-refractivity contribution in [1.82, 2.24) is 15.5 Å². The molecule has 1 unspecified atom stereocenters. The van der Waals surface area contributed by atoms with Gasteiger partial charge in [-0.05, 0) is 39.5 Å². The van der Waals surface area contributed by atoms with Crippen molar-refractivity contribution in [1.29, 1.82) is 0 Å². The van der Waals surface area contributed by atoms with Crippen molar-refractivity contribution in [3.05, 3.63) is 0 Å². The largest absolute Gasteiger partial charge is 0.379 e. The highest BCUT2D eigenvalue weighted by Crippen LogP contribution is 2.26. The SMILES string of the molecule is CN=C(NCCCOC(C)C)NC1CCN(C(=O)C2CCCCC2)C1.I. The van der Waals surface area contributed by atoms with E-state index >= 15 is 0 Å². The summed E-state index contributed by atoms with van der Waals surface area (Å²) in [7, 11) is 1.79. The number of likely N-dealkylation sites (tertiary alicyclic amines) is 1. The van der Waals surface area contributed by atoms with E-state index in [2.05, 4.69) is 20.5 Å². The van der Waals surface area contributed by atoms with E-state index in [1.807, 2.05) is 13.8 Å². The lowest BCUT2D eigenvalue weighted by Crippen LogP contribution is -2.45. The first-order valence-electron chi connectivity index (χ1n) is 9.97. The number of carbonyl (C=O) groups excluding carboxylic acids is 1. The smallest absolute Gasteiger partial charge is 0.225 e. The molecule has 1 heterocycles. The Morgan fingerprint density at radius 3 is 2.62 bits per heavy atom. The summed E-state index contributed by atoms with van der Waals surface area (Å²) in [5.41, 5.74) is 0. The Bertz CT molecular complexity index is 439. The fourth-order valence-corrected chi connectivity index (χ4v) is 3.67. The van der Waals surface area contributed by atoms with E-state index in [1.54, 1.807) is 7.05 Å². The molecule has 2 N–H and O–H groups in total. The van der Waals surface area contributed by atoms with Crippen molar-refractivity contribution in [2.45, 2.75) is 70.9 Å². The second kappa shape index (κ2) is 12.8. The molecular weight excluding hydrogens is 443 g/mol. The number of carbonyl (C=O) groups is 1. The number of aliphatic imine (C=N–C) groups is 1. The van der Waals surface area contributed by atoms with Crippen LogP contribution in [0, 0.1) is 5.92 Å². The van der Waals surface area contributed by atoms with Crippen LogP contribution in [-0.4, -0.2) is 62.2 Å². The van der Waals surface area contributed by atoms with Crippen LogP contribution in [0.25, 0.3) is 0 Å². The molecule has 0 bridgehead atoms. The topological polar surface area (TPSA) is 66.0 Å². The van der Waals surface area contributed by atoms with Gasteiger partial charge in [-0.25, -0.2) is 0 Å². The number of ether oxygens (including phenoxy) is 1. The Balaban J connectivity index is 0.00000338. The van der Waals surface area contributed by atoms with Gasteiger partial charge in [0.1, 0.15) is 0 Å². The van der Waals surface area contributed by atoms with Crippen LogP contribution in [0.3, 0.4) is 0 Å². The molecule has 0 aromatic rings. The quantitative estimate of drug-likeness (QED) is 0.255. The highest BCUT2D eigenvalue weighted by Gasteiger charge is 2.31. The Kier molecular flexibility index (Phi) is 11.5. The fourth-order valence-electron chi connectivity index (χ4n) is 3.67. The molecule has 1 atom stereocenters. The molecule has 0 spiro atoms. The van der Waals surface area contributed by atoms with Crippen molar-refractivity contribution in [2.75, 3.05) is 33.3 Å². The minimum absolute atomic E-state index is 0. The molecule has 26 heavy (non-hydrogen) atoms. The van der Waals surface area contributed by atoms with E-state index in [0.29, 0.717) is 11.9 Å². The van der Waals surface area contributed by atoms with Crippen molar-refractivity contribution < 1.29 is 9.53 Å². The third-order valence-electron chi connectivity index (χ3n) is 5.08. The number of guanidine groups is 1. The Labute approximate surface area is 175 Å². The van der Waals surface area contributed by atoms with Gasteiger partial charge in [-0.1, -0.05) is 19.3 Å². The van der Waals surface area contributed by atoms with Gasteiger partial charge < -0.3 is 20.3 Å². The lowest BCUT2D eigenvalue weighted by atomic mass is 9.88. The maximum absolute atomic E-state index is 12.6. The molecular formula is C19H37IN4O2. The second-order valence-corrected chi connectivity index (χ2v) is 7.52. The third-order valence-corrected chi connectivity index (χ3v) is 5.08. The number of halogens is 1. The molecule has 1 aliphatic heterocycles. The normalized spacial score (nSPS) is 21.6. The average molecular weight is 480 g/mol. The number of rotatable bonds is 7. The zero-order chi connectivity index (χ0) is 18.1. The lowest BCUT2D eigenvalue weighted by Gasteiger charge is -2.26. The van der Waals surface area contributed by atoms with Crippen LogP contribution >= 0.6 is 24.0 Å². The van der Waals surface area contributed by atoms with Gasteiger partial charge in [0.15, 0.2) is 5.96 Å². The standard InChI is InChI=1S/C19H36N4O2.HI/c1-15(2)25-13-7-11-21-19(20-3)22-17-10-12-23(14-17)18(24)16-8-5-4-6-9-16;/h15-17H,4-14H2,1-3H3,(H2,20,21,22);1H. The van der Waals surface area contributed by atoms with Gasteiger partial charge in [0, 0.05) is 45.2 Å². The third kappa shape index (κ3) is 7.98. The Morgan fingerprint density at radius 2 is 1.96 bits per heavy atom. The summed E-state index contributed by atoms with van der Waals surface area (Å²) < 4.78 is 5.54. The van der Waals surface area contributed by atoms with E-state index < -0.39 is 0 Å². The van der Waals surface area contributed by atoms with Crippen LogP contribution < -0.4 is 10.6 Å². The summed E-state index contributed by atoms with van der Waals surface area (Å²) in [6.45, 7) is 7.36. The molecule has 152 valence electrons. The summed E-state index contributed by atoms with van der Waals surface area (Å²) in [4.78, 5) is 19.0. The summed E-state index contributed by atoms with van der Waals surface area (Å²) in [6.07, 6.45) is 8.10. The monoisotopic (exact) mass is 480 g/mol. The molecule has 1 aliphatic carbocycles. The van der Waals surface area contributed by atoms with E-state index in [0.717, 1.165) is 57.9 Å². The van der Waals surface area contributed by atoms with Gasteiger partial charge in [-0.2, -0.15) is 0 Å². The zero-order valence-electron chi connectivity index (χ0n) is 16.6. The minimum Gasteiger partial charge on any atom is -0.379 e. The molecule has 0 radical (unpaired) electrons. The first kappa shape index (κ1) is 23.5. The van der Waals surface area contributed by atoms with E-state index in [-0.39, 0.29) is 36.0 Å². The van der Waals surface area contributed by atoms with E-state index in [9.17, 15) is 4.79 Å². The Hall–Kier alpha value is -0.570. The van der Waals surface area contributed by atoms with Crippen molar-refractivity contribution in [3.63, 3.8) is 0 Å². The highest BCUT2D eigenvalue weighted by atomic mass is 127. The van der Waals surface area contributed by atoms with Crippen molar-refractivity contribution in [2.24, 2.45) is 10.9 Å². The molecule has 7 heteroatoms. The van der Waals surface area contributed by atoms with Crippen LogP contribution in [0.15, 0.2) is 4.99 Å². The summed E-state index contributed by atoms with van der Waals surface area (Å²) in [5.74, 6) is 1.46. The molecule has 1 amide bonds. The molecule has 1 saturated heterocycles. The molecule has 2 aliphatic rings. The van der Waals surface area contributed by atoms with Crippen molar-refractivity contribution >= 4 is 35.8 Å². The molecule has 1 saturated carbocycles. The number of hydrogen-bond donors (Lipinski definition) is 2. The molecule has 0 aromatic heterocycles. The number of nitrogens with one attached hydrogen (secondary N) is 2. The minimum atomic E-state index is 0. The molecule has 2 rings (SSSR count). The first-order chi connectivity index (χ1) is 12.1. The zero-order valence-corrected chi connectivity index (χ0v) is 19.0. The summed E-state index contributed by atoms with van der Waals surface area (Å²) in [6, 6.07) is 0.297. The predicted molar refractivity (Wildman–Crippen MR) is 117 cm³/mol. The average Bonchev–Trinajstić information content (AvgIpc) is 3.08. The maximum Gasteiger partial charge on any atom is 0.225 e. The van der Waals surface area contributed by atoms with Crippen LogP contribution in [0.1, 0.15) is 58.8 Å². The van der Waals surface area contributed by atoms with Gasteiger partial charge >= 0.3 is 0 Å². The fraction of sp³-hybridized carbons (Fsp3) is 0.895. The lowest BCUT2D eigenvalue weighted by molar-refractivity contribution is -0.135. The summed E-state index contributed by atoms with van der Waals surface area (Å²) >= 11 is 0. The summed E-state index contributed by atoms with van der Waals surface area (Å²) in [5, 5.41) is 6.79. The Morgan fingerprint density at radius 1 is 1.23 bits per heavy atom. The molecule has 0 aromatic carbocycles. The van der Waals surface area contributed by atoms with Crippen LogP contribution in [0.2, 0.25) is 0 Å². The molecule has 2 fully saturated rings. The van der Waals surface area contributed by atoms with Gasteiger partial charge in [-0.3, -0.25) is 9.79 Å². The van der Waals surface area contributed by atoms with Crippen LogP contribution in [-0.2, 0) is 9.53 Å². The number of hydrogen-bond acceptors (Lipinski definition) is 3. The van der Waals surface area contributed by atoms with Crippen LogP contribution in [0.4, 0.5) is 0 Å². The van der Waals surface area contributed by atoms with E-state index in [1.165, 1.54) is 19.3 Å².